The van der Waals surface area contributed by atoms with Crippen LogP contribution in [-0.4, -0.2) is 30.1 Å². The van der Waals surface area contributed by atoms with Crippen LogP contribution in [-0.2, 0) is 14.3 Å². The third-order valence-corrected chi connectivity index (χ3v) is 2.98. The van der Waals surface area contributed by atoms with E-state index in [0.29, 0.717) is 19.4 Å². The molecule has 0 saturated carbocycles. The highest BCUT2D eigenvalue weighted by molar-refractivity contribution is 5.79. The van der Waals surface area contributed by atoms with E-state index in [1.807, 2.05) is 27.7 Å². The normalized spacial score (nSPS) is 14.7. The zero-order valence-corrected chi connectivity index (χ0v) is 13.5. The zero-order valence-electron chi connectivity index (χ0n) is 13.5. The number of nitrogens with one attached hydrogen (secondary N) is 1. The Morgan fingerprint density at radius 3 is 2.25 bits per heavy atom. The Balaban J connectivity index is 4.35. The summed E-state index contributed by atoms with van der Waals surface area (Å²) in [5.74, 6) is -0.367. The van der Waals surface area contributed by atoms with Gasteiger partial charge in [0.1, 0.15) is 5.60 Å². The third-order valence-electron chi connectivity index (χ3n) is 2.98. The summed E-state index contributed by atoms with van der Waals surface area (Å²) in [4.78, 5) is 23.0. The van der Waals surface area contributed by atoms with Crippen molar-refractivity contribution in [2.45, 2.75) is 71.9 Å². The lowest BCUT2D eigenvalue weighted by atomic mass is 9.99. The van der Waals surface area contributed by atoms with Crippen LogP contribution in [0.25, 0.3) is 0 Å². The number of ether oxygens (including phenoxy) is 1. The number of nitrogens with two attached hydrogens (primary N) is 1. The number of amides is 1. The molecule has 0 aromatic carbocycles. The van der Waals surface area contributed by atoms with Crippen molar-refractivity contribution in [3.05, 3.63) is 0 Å². The Morgan fingerprint density at radius 2 is 1.85 bits per heavy atom. The molecule has 2 atom stereocenters. The van der Waals surface area contributed by atoms with Crippen LogP contribution in [0.2, 0.25) is 0 Å². The molecule has 0 rings (SSSR count). The van der Waals surface area contributed by atoms with Crippen molar-refractivity contribution < 1.29 is 14.3 Å². The molecule has 118 valence electrons. The van der Waals surface area contributed by atoms with Crippen molar-refractivity contribution in [1.29, 1.82) is 0 Å². The van der Waals surface area contributed by atoms with E-state index in [1.165, 1.54) is 0 Å². The minimum Gasteiger partial charge on any atom is -0.460 e. The monoisotopic (exact) mass is 286 g/mol. The summed E-state index contributed by atoms with van der Waals surface area (Å²) in [7, 11) is 0. The molecule has 20 heavy (non-hydrogen) atoms. The Morgan fingerprint density at radius 1 is 1.25 bits per heavy atom. The van der Waals surface area contributed by atoms with Gasteiger partial charge in [-0.2, -0.15) is 0 Å². The summed E-state index contributed by atoms with van der Waals surface area (Å²) in [5, 5.41) is 3.14. The largest absolute Gasteiger partial charge is 0.460 e. The maximum Gasteiger partial charge on any atom is 0.306 e. The number of hydrogen-bond donors (Lipinski definition) is 2. The molecule has 5 nitrogen and oxygen atoms in total. The van der Waals surface area contributed by atoms with Crippen LogP contribution >= 0.6 is 0 Å². The number of primary amides is 1. The van der Waals surface area contributed by atoms with Crippen molar-refractivity contribution in [2.75, 3.05) is 6.54 Å². The molecule has 0 saturated heterocycles. The van der Waals surface area contributed by atoms with E-state index in [-0.39, 0.29) is 23.8 Å². The van der Waals surface area contributed by atoms with Gasteiger partial charge in [0.05, 0.1) is 6.04 Å². The predicted molar refractivity (Wildman–Crippen MR) is 80.1 cm³/mol. The van der Waals surface area contributed by atoms with Crippen LogP contribution in [0, 0.1) is 5.92 Å². The Labute approximate surface area is 122 Å². The van der Waals surface area contributed by atoms with Gasteiger partial charge in [0.2, 0.25) is 5.91 Å². The smallest absolute Gasteiger partial charge is 0.306 e. The fourth-order valence-electron chi connectivity index (χ4n) is 2.06. The quantitative estimate of drug-likeness (QED) is 0.635. The molecule has 0 radical (unpaired) electrons. The standard InChI is InChI=1S/C15H30N2O3/c1-6-8-11(9-13(18)20-15(3,4)5)10-17-12(7-2)14(16)19/h11-12,17H,6-10H2,1-5H3,(H2,16,19)/t11-,12?/m1/s1. The highest BCUT2D eigenvalue weighted by atomic mass is 16.6. The first-order valence-electron chi connectivity index (χ1n) is 7.44. The highest BCUT2D eigenvalue weighted by Gasteiger charge is 2.21. The van der Waals surface area contributed by atoms with Gasteiger partial charge < -0.3 is 15.8 Å². The van der Waals surface area contributed by atoms with E-state index in [2.05, 4.69) is 12.2 Å². The SMILES string of the molecule is CCC[C@@H](CNC(CC)C(N)=O)CC(=O)OC(C)(C)C. The minimum absolute atomic E-state index is 0.170. The van der Waals surface area contributed by atoms with E-state index in [4.69, 9.17) is 10.5 Å². The van der Waals surface area contributed by atoms with Crippen molar-refractivity contribution in [2.24, 2.45) is 11.7 Å². The first-order chi connectivity index (χ1) is 9.19. The molecule has 5 heteroatoms. The molecule has 0 aromatic heterocycles. The summed E-state index contributed by atoms with van der Waals surface area (Å²) in [5.41, 5.74) is 4.84. The van der Waals surface area contributed by atoms with Crippen LogP contribution in [0.3, 0.4) is 0 Å². The van der Waals surface area contributed by atoms with Crippen LogP contribution < -0.4 is 11.1 Å². The summed E-state index contributed by atoms with van der Waals surface area (Å²) in [6.45, 7) is 10.2. The van der Waals surface area contributed by atoms with Gasteiger partial charge in [-0.05, 0) is 46.1 Å². The maximum atomic E-state index is 11.9. The Kier molecular flexibility index (Phi) is 8.46. The third kappa shape index (κ3) is 8.91. The van der Waals surface area contributed by atoms with E-state index < -0.39 is 5.60 Å². The molecule has 3 N–H and O–H groups in total. The second-order valence-corrected chi connectivity index (χ2v) is 6.22. The molecular formula is C15H30N2O3. The molecule has 1 amide bonds. The number of carbonyl (C=O) groups is 2. The first-order valence-corrected chi connectivity index (χ1v) is 7.44. The highest BCUT2D eigenvalue weighted by Crippen LogP contribution is 2.15. The molecule has 0 aliphatic rings. The van der Waals surface area contributed by atoms with Gasteiger partial charge in [0.25, 0.3) is 0 Å². The van der Waals surface area contributed by atoms with Gasteiger partial charge in [-0.25, -0.2) is 0 Å². The predicted octanol–water partition coefficient (Wildman–Crippen LogP) is 1.99. The second-order valence-electron chi connectivity index (χ2n) is 6.22. The van der Waals surface area contributed by atoms with Gasteiger partial charge in [0.15, 0.2) is 0 Å². The fourth-order valence-corrected chi connectivity index (χ4v) is 2.06. The number of esters is 1. The number of rotatable bonds is 9. The van der Waals surface area contributed by atoms with Crippen LogP contribution in [0.5, 0.6) is 0 Å². The van der Waals surface area contributed by atoms with Gasteiger partial charge in [-0.3, -0.25) is 9.59 Å². The van der Waals surface area contributed by atoms with Crippen molar-refractivity contribution >= 4 is 11.9 Å². The molecule has 0 fully saturated rings. The lowest BCUT2D eigenvalue weighted by molar-refractivity contribution is -0.156. The number of carbonyl (C=O) groups excluding carboxylic acids is 2. The summed E-state index contributed by atoms with van der Waals surface area (Å²) in [6, 6.07) is -0.326. The van der Waals surface area contributed by atoms with E-state index >= 15 is 0 Å². The van der Waals surface area contributed by atoms with E-state index in [9.17, 15) is 9.59 Å². The molecule has 0 spiro atoms. The van der Waals surface area contributed by atoms with Crippen LogP contribution in [0.15, 0.2) is 0 Å². The second kappa shape index (κ2) is 8.95. The fraction of sp³-hybridized carbons (Fsp3) is 0.867. The van der Waals surface area contributed by atoms with Crippen LogP contribution in [0.4, 0.5) is 0 Å². The summed E-state index contributed by atoms with van der Waals surface area (Å²) >= 11 is 0. The van der Waals surface area contributed by atoms with Gasteiger partial charge in [0, 0.05) is 6.42 Å². The topological polar surface area (TPSA) is 81.4 Å². The molecule has 0 aromatic rings. The molecule has 0 aliphatic heterocycles. The Bertz CT molecular complexity index is 311. The van der Waals surface area contributed by atoms with Crippen molar-refractivity contribution in [3.8, 4) is 0 Å². The van der Waals surface area contributed by atoms with Gasteiger partial charge in [-0.1, -0.05) is 20.3 Å². The molecule has 0 aliphatic carbocycles. The van der Waals surface area contributed by atoms with Gasteiger partial charge >= 0.3 is 5.97 Å². The van der Waals surface area contributed by atoms with Crippen molar-refractivity contribution in [1.82, 2.24) is 5.32 Å². The molecular weight excluding hydrogens is 256 g/mol. The summed E-state index contributed by atoms with van der Waals surface area (Å²) < 4.78 is 5.34. The summed E-state index contributed by atoms with van der Waals surface area (Å²) in [6.07, 6.45) is 2.93. The van der Waals surface area contributed by atoms with Gasteiger partial charge in [-0.15, -0.1) is 0 Å². The van der Waals surface area contributed by atoms with E-state index in [0.717, 1.165) is 12.8 Å². The number of hydrogen-bond acceptors (Lipinski definition) is 4. The van der Waals surface area contributed by atoms with E-state index in [1.54, 1.807) is 0 Å². The zero-order chi connectivity index (χ0) is 15.8. The lowest BCUT2D eigenvalue weighted by Gasteiger charge is -2.23. The maximum absolute atomic E-state index is 11.9. The average Bonchev–Trinajstić information content (AvgIpc) is 2.26. The molecule has 0 heterocycles. The average molecular weight is 286 g/mol. The first kappa shape index (κ1) is 18.9. The molecule has 1 unspecified atom stereocenters. The Hall–Kier alpha value is -1.10. The lowest BCUT2D eigenvalue weighted by Crippen LogP contribution is -2.43. The minimum atomic E-state index is -0.458. The van der Waals surface area contributed by atoms with Crippen molar-refractivity contribution in [3.63, 3.8) is 0 Å². The van der Waals surface area contributed by atoms with Crippen LogP contribution in [0.1, 0.15) is 60.3 Å². The molecule has 0 bridgehead atoms.